The first-order valence-corrected chi connectivity index (χ1v) is 10.8. The lowest BCUT2D eigenvalue weighted by atomic mass is 10.0. The van der Waals surface area contributed by atoms with E-state index < -0.39 is 0 Å². The summed E-state index contributed by atoms with van der Waals surface area (Å²) in [7, 11) is 0. The van der Waals surface area contributed by atoms with Crippen LogP contribution in [-0.2, 0) is 4.79 Å². The maximum Gasteiger partial charge on any atom is 0.268 e. The van der Waals surface area contributed by atoms with E-state index in [1.54, 1.807) is 18.2 Å². The van der Waals surface area contributed by atoms with Gasteiger partial charge in [-0.3, -0.25) is 9.59 Å². The van der Waals surface area contributed by atoms with Gasteiger partial charge in [0.2, 0.25) is 0 Å². The number of aryl methyl sites for hydroxylation is 2. The molecule has 2 aromatic carbocycles. The van der Waals surface area contributed by atoms with Crippen molar-refractivity contribution in [3.05, 3.63) is 98.9 Å². The second-order valence-corrected chi connectivity index (χ2v) is 8.22. The molecule has 0 saturated carbocycles. The van der Waals surface area contributed by atoms with Crippen LogP contribution in [0, 0.1) is 13.8 Å². The first-order chi connectivity index (χ1) is 14.5. The minimum Gasteiger partial charge on any atom is -0.344 e. The average molecular weight is 419 g/mol. The van der Waals surface area contributed by atoms with E-state index in [1.807, 2.05) is 74.7 Å². The molecule has 3 rings (SSSR count). The highest BCUT2D eigenvalue weighted by Crippen LogP contribution is 2.19. The fourth-order valence-corrected chi connectivity index (χ4v) is 3.77. The van der Waals surface area contributed by atoms with Gasteiger partial charge >= 0.3 is 0 Å². The molecule has 0 radical (unpaired) electrons. The second kappa shape index (κ2) is 10.0. The van der Waals surface area contributed by atoms with Gasteiger partial charge in [-0.05, 0) is 55.5 Å². The van der Waals surface area contributed by atoms with Crippen LogP contribution in [0.1, 0.15) is 51.3 Å². The lowest BCUT2D eigenvalue weighted by Crippen LogP contribution is -2.36. The van der Waals surface area contributed by atoms with Crippen LogP contribution in [0.25, 0.3) is 6.08 Å². The standard InChI is InChI=1S/C25H26N2O2S/c1-4-22(19-12-10-17(2)11-13-19)26-25(29)23(16-21-9-6-14-30-21)27-24(28)20-8-5-7-18(3)15-20/h5-16,22H,4H2,1-3H3,(H,26,29)(H,27,28)/b23-16-/t22-/m0/s1. The summed E-state index contributed by atoms with van der Waals surface area (Å²) in [6.07, 6.45) is 2.46. The summed E-state index contributed by atoms with van der Waals surface area (Å²) in [6.45, 7) is 5.99. The predicted octanol–water partition coefficient (Wildman–Crippen LogP) is 5.40. The van der Waals surface area contributed by atoms with Gasteiger partial charge < -0.3 is 10.6 Å². The molecule has 154 valence electrons. The quantitative estimate of drug-likeness (QED) is 0.505. The van der Waals surface area contributed by atoms with Crippen LogP contribution >= 0.6 is 11.3 Å². The Morgan fingerprint density at radius 3 is 2.40 bits per heavy atom. The second-order valence-electron chi connectivity index (χ2n) is 7.24. The molecule has 5 heteroatoms. The van der Waals surface area contributed by atoms with E-state index in [2.05, 4.69) is 10.6 Å². The smallest absolute Gasteiger partial charge is 0.268 e. The molecule has 0 aliphatic carbocycles. The number of rotatable bonds is 7. The first kappa shape index (κ1) is 21.5. The first-order valence-electron chi connectivity index (χ1n) is 9.97. The van der Waals surface area contributed by atoms with Crippen molar-refractivity contribution in [2.24, 2.45) is 0 Å². The lowest BCUT2D eigenvalue weighted by Gasteiger charge is -2.19. The van der Waals surface area contributed by atoms with Crippen LogP contribution in [-0.4, -0.2) is 11.8 Å². The molecule has 0 aliphatic heterocycles. The third kappa shape index (κ3) is 5.67. The monoisotopic (exact) mass is 418 g/mol. The van der Waals surface area contributed by atoms with E-state index in [-0.39, 0.29) is 23.6 Å². The number of carbonyl (C=O) groups excluding carboxylic acids is 2. The highest BCUT2D eigenvalue weighted by atomic mass is 32.1. The molecule has 0 fully saturated rings. The molecule has 0 saturated heterocycles. The molecule has 30 heavy (non-hydrogen) atoms. The number of thiophene rings is 1. The van der Waals surface area contributed by atoms with Crippen molar-refractivity contribution in [1.82, 2.24) is 10.6 Å². The summed E-state index contributed by atoms with van der Waals surface area (Å²) in [4.78, 5) is 26.8. The van der Waals surface area contributed by atoms with Crippen LogP contribution < -0.4 is 10.6 Å². The van der Waals surface area contributed by atoms with Gasteiger partial charge in [0.1, 0.15) is 5.70 Å². The Balaban J connectivity index is 1.83. The van der Waals surface area contributed by atoms with Crippen molar-refractivity contribution >= 4 is 29.2 Å². The molecule has 0 unspecified atom stereocenters. The number of benzene rings is 2. The van der Waals surface area contributed by atoms with Crippen LogP contribution in [0.5, 0.6) is 0 Å². The molecular formula is C25H26N2O2S. The van der Waals surface area contributed by atoms with E-state index in [0.717, 1.165) is 22.4 Å². The number of hydrogen-bond acceptors (Lipinski definition) is 3. The summed E-state index contributed by atoms with van der Waals surface area (Å²) >= 11 is 1.51. The van der Waals surface area contributed by atoms with Gasteiger partial charge in [-0.1, -0.05) is 60.5 Å². The number of hydrogen-bond donors (Lipinski definition) is 2. The van der Waals surface area contributed by atoms with Crippen LogP contribution in [0.15, 0.2) is 71.7 Å². The van der Waals surface area contributed by atoms with Crippen LogP contribution in [0.2, 0.25) is 0 Å². The van der Waals surface area contributed by atoms with Crippen molar-refractivity contribution in [2.75, 3.05) is 0 Å². The highest BCUT2D eigenvalue weighted by Gasteiger charge is 2.19. The van der Waals surface area contributed by atoms with Gasteiger partial charge in [0, 0.05) is 10.4 Å². The SMILES string of the molecule is CC[C@H](NC(=O)/C(=C/c1cccs1)NC(=O)c1cccc(C)c1)c1ccc(C)cc1. The van der Waals surface area contributed by atoms with Gasteiger partial charge in [-0.2, -0.15) is 0 Å². The van der Waals surface area contributed by atoms with Crippen molar-refractivity contribution in [3.63, 3.8) is 0 Å². The summed E-state index contributed by atoms with van der Waals surface area (Å²) < 4.78 is 0. The molecule has 3 aromatic rings. The van der Waals surface area contributed by atoms with Gasteiger partial charge in [0.15, 0.2) is 0 Å². The van der Waals surface area contributed by atoms with E-state index >= 15 is 0 Å². The molecule has 0 bridgehead atoms. The van der Waals surface area contributed by atoms with Crippen molar-refractivity contribution in [2.45, 2.75) is 33.2 Å². The molecule has 2 amide bonds. The third-order valence-corrected chi connectivity index (χ3v) is 5.62. The Morgan fingerprint density at radius 2 is 1.77 bits per heavy atom. The summed E-state index contributed by atoms with van der Waals surface area (Å²) in [5.74, 6) is -0.614. The Hall–Kier alpha value is -3.18. The van der Waals surface area contributed by atoms with Crippen molar-refractivity contribution in [1.29, 1.82) is 0 Å². The fourth-order valence-electron chi connectivity index (χ4n) is 3.11. The lowest BCUT2D eigenvalue weighted by molar-refractivity contribution is -0.118. The van der Waals surface area contributed by atoms with Gasteiger partial charge in [-0.25, -0.2) is 0 Å². The highest BCUT2D eigenvalue weighted by molar-refractivity contribution is 7.10. The summed E-state index contributed by atoms with van der Waals surface area (Å²) in [5.41, 5.74) is 3.95. The minimum absolute atomic E-state index is 0.138. The average Bonchev–Trinajstić information content (AvgIpc) is 3.25. The number of amides is 2. The Labute approximate surface area is 181 Å². The molecule has 1 aromatic heterocycles. The van der Waals surface area contributed by atoms with Crippen LogP contribution in [0.3, 0.4) is 0 Å². The molecule has 2 N–H and O–H groups in total. The molecule has 0 spiro atoms. The normalized spacial score (nSPS) is 12.3. The minimum atomic E-state index is -0.308. The van der Waals surface area contributed by atoms with Gasteiger partial charge in [0.25, 0.3) is 11.8 Å². The Bertz CT molecular complexity index is 1040. The van der Waals surface area contributed by atoms with E-state index in [1.165, 1.54) is 16.9 Å². The number of carbonyl (C=O) groups is 2. The fraction of sp³-hybridized carbons (Fsp3) is 0.200. The van der Waals surface area contributed by atoms with Crippen LogP contribution in [0.4, 0.5) is 0 Å². The van der Waals surface area contributed by atoms with Gasteiger partial charge in [-0.15, -0.1) is 11.3 Å². The van der Waals surface area contributed by atoms with Crippen molar-refractivity contribution < 1.29 is 9.59 Å². The zero-order chi connectivity index (χ0) is 21.5. The maximum absolute atomic E-state index is 13.1. The Morgan fingerprint density at radius 1 is 1.00 bits per heavy atom. The van der Waals surface area contributed by atoms with E-state index in [4.69, 9.17) is 0 Å². The van der Waals surface area contributed by atoms with E-state index in [0.29, 0.717) is 5.56 Å². The number of nitrogens with one attached hydrogen (secondary N) is 2. The molecule has 1 heterocycles. The largest absolute Gasteiger partial charge is 0.344 e. The Kier molecular flexibility index (Phi) is 7.20. The zero-order valence-electron chi connectivity index (χ0n) is 17.4. The summed E-state index contributed by atoms with van der Waals surface area (Å²) in [5, 5.41) is 7.81. The zero-order valence-corrected chi connectivity index (χ0v) is 18.3. The van der Waals surface area contributed by atoms with E-state index in [9.17, 15) is 9.59 Å². The van der Waals surface area contributed by atoms with Gasteiger partial charge in [0.05, 0.1) is 6.04 Å². The molecule has 0 aliphatic rings. The topological polar surface area (TPSA) is 58.2 Å². The molecule has 4 nitrogen and oxygen atoms in total. The molecule has 1 atom stereocenters. The summed E-state index contributed by atoms with van der Waals surface area (Å²) in [6, 6.07) is 19.1. The predicted molar refractivity (Wildman–Crippen MR) is 123 cm³/mol. The maximum atomic E-state index is 13.1. The molecular weight excluding hydrogens is 392 g/mol. The third-order valence-electron chi connectivity index (χ3n) is 4.80. The van der Waals surface area contributed by atoms with Crippen molar-refractivity contribution in [3.8, 4) is 0 Å².